The molecule has 85 heavy (non-hydrogen) atoms. The summed E-state index contributed by atoms with van der Waals surface area (Å²) in [5.74, 6) is -1.00. The van der Waals surface area contributed by atoms with Crippen LogP contribution in [0.15, 0.2) is 144 Å². The van der Waals surface area contributed by atoms with Gasteiger partial charge in [-0.2, -0.15) is 0 Å². The lowest BCUT2D eigenvalue weighted by Crippen LogP contribution is -2.43. The number of ketones is 1. The fourth-order valence-corrected chi connectivity index (χ4v) is 11.3. The fourth-order valence-electron chi connectivity index (χ4n) is 9.72. The van der Waals surface area contributed by atoms with Gasteiger partial charge in [-0.15, -0.1) is 0 Å². The topological polar surface area (TPSA) is 309 Å². The lowest BCUT2D eigenvalue weighted by molar-refractivity contribution is -0.142. The largest absolute Gasteiger partial charge is 0.480 e. The van der Waals surface area contributed by atoms with E-state index in [9.17, 15) is 36.0 Å². The highest BCUT2D eigenvalue weighted by atomic mass is 32.2. The van der Waals surface area contributed by atoms with Crippen LogP contribution in [-0.2, 0) is 45.2 Å². The molecule has 5 N–H and O–H groups in total. The van der Waals surface area contributed by atoms with Gasteiger partial charge in [0.15, 0.2) is 25.5 Å². The molecule has 8 aromatic rings. The van der Waals surface area contributed by atoms with Gasteiger partial charge in [0.1, 0.15) is 17.2 Å². The first-order valence-electron chi connectivity index (χ1n) is 27.1. The number of amides is 2. The number of rotatable bonds is 12. The van der Waals surface area contributed by atoms with Crippen LogP contribution in [0.5, 0.6) is 0 Å². The number of aromatic nitrogens is 6. The van der Waals surface area contributed by atoms with Gasteiger partial charge in [0.05, 0.1) is 61.7 Å². The van der Waals surface area contributed by atoms with Crippen LogP contribution in [0, 0.1) is 0 Å². The third-order valence-corrected chi connectivity index (χ3v) is 15.6. The molecule has 22 nitrogen and oxygen atoms in total. The first-order chi connectivity index (χ1) is 40.1. The summed E-state index contributed by atoms with van der Waals surface area (Å²) < 4.78 is 59.5. The Morgan fingerprint density at radius 3 is 1.51 bits per heavy atom. The van der Waals surface area contributed by atoms with Crippen LogP contribution in [0.4, 0.5) is 38.0 Å². The van der Waals surface area contributed by atoms with Crippen LogP contribution in [0.1, 0.15) is 72.8 Å². The molecule has 4 aromatic carbocycles. The van der Waals surface area contributed by atoms with Crippen LogP contribution in [-0.4, -0.2) is 134 Å². The van der Waals surface area contributed by atoms with E-state index in [1.54, 1.807) is 56.5 Å². The average molecular weight is 1190 g/mol. The second-order valence-corrected chi connectivity index (χ2v) is 26.4. The molecule has 2 fully saturated rings. The van der Waals surface area contributed by atoms with Crippen molar-refractivity contribution < 1.29 is 50.6 Å². The Hall–Kier alpha value is -9.16. The number of Topliss-reactive ketones (excluding diaryl/α,β-unsaturated/α-hetero) is 1. The van der Waals surface area contributed by atoms with Crippen molar-refractivity contribution in [1.82, 2.24) is 39.7 Å². The zero-order valence-corrected chi connectivity index (χ0v) is 49.9. The number of pyridine rings is 2. The summed E-state index contributed by atoms with van der Waals surface area (Å²) >= 11 is 0. The standard InChI is InChI=1S/C31H33N5O5S.C20H17N5O2S.C10H17NO4/c1-31(2,3)41-30(38)36-14-6-9-26(36)27(37)16-20-7-5-8-21(15-20)23-17-22(18-24-29(23)34-13-12-33-24)35-25-19-32-11-10-28(25)42(4,39)40;1-28(26,27)19-5-6-22-12-18(19)25-15-10-16(13-3-2-4-14(21)9-13)20-17(11-15)23-7-8-24-20;1-10(2,3)15-9(14)11-6-4-5-7(11)8(12)13/h5,7-8,10-13,15,17-19,26,35H,6,9,14,16H2,1-4H3;2-12,25H,21H2,1H3;7H,4-6H2,1-3H3,(H,12,13). The number of hydrogen-bond donors (Lipinski definition) is 4. The molecule has 2 aliphatic rings. The number of ether oxygens (including phenoxy) is 2. The minimum absolute atomic E-state index is 0.0412. The van der Waals surface area contributed by atoms with E-state index < -0.39 is 61.1 Å². The maximum absolute atomic E-state index is 13.4. The first-order valence-corrected chi connectivity index (χ1v) is 30.9. The normalized spacial score (nSPS) is 15.2. The number of aliphatic carboxylic acids is 1. The molecule has 24 heteroatoms. The highest BCUT2D eigenvalue weighted by molar-refractivity contribution is 7.91. The second kappa shape index (κ2) is 25.8. The first kappa shape index (κ1) is 61.9. The van der Waals surface area contributed by atoms with Crippen LogP contribution in [0.2, 0.25) is 0 Å². The number of sulfone groups is 2. The van der Waals surface area contributed by atoms with Crippen LogP contribution < -0.4 is 16.4 Å². The Kier molecular flexibility index (Phi) is 18.8. The predicted octanol–water partition coefficient (Wildman–Crippen LogP) is 10.2. The number of carbonyl (C=O) groups is 4. The van der Waals surface area contributed by atoms with Gasteiger partial charge in [-0.25, -0.2) is 31.2 Å². The summed E-state index contributed by atoms with van der Waals surface area (Å²) in [5.41, 5.74) is 14.2. The van der Waals surface area contributed by atoms with Gasteiger partial charge < -0.3 is 30.9 Å². The minimum atomic E-state index is -3.50. The molecule has 2 amide bonds. The molecule has 2 atom stereocenters. The highest BCUT2D eigenvalue weighted by Crippen LogP contribution is 2.36. The summed E-state index contributed by atoms with van der Waals surface area (Å²) in [7, 11) is -6.91. The van der Waals surface area contributed by atoms with Crippen molar-refractivity contribution in [3.8, 4) is 22.3 Å². The number of carbonyl (C=O) groups excluding carboxylic acids is 3. The smallest absolute Gasteiger partial charge is 0.411 e. The third-order valence-electron chi connectivity index (χ3n) is 13.3. The van der Waals surface area contributed by atoms with Gasteiger partial charge in [-0.1, -0.05) is 36.4 Å². The molecule has 0 aliphatic carbocycles. The molecule has 444 valence electrons. The molecule has 4 aromatic heterocycles. The summed E-state index contributed by atoms with van der Waals surface area (Å²) in [5, 5.41) is 15.2. The van der Waals surface area contributed by atoms with E-state index in [2.05, 4.69) is 40.5 Å². The van der Waals surface area contributed by atoms with Crippen molar-refractivity contribution in [2.45, 2.75) is 107 Å². The Morgan fingerprint density at radius 1 is 0.600 bits per heavy atom. The second-order valence-electron chi connectivity index (χ2n) is 22.4. The highest BCUT2D eigenvalue weighted by Gasteiger charge is 2.38. The summed E-state index contributed by atoms with van der Waals surface area (Å²) in [4.78, 5) is 77.7. The lowest BCUT2D eigenvalue weighted by atomic mass is 9.97. The maximum atomic E-state index is 13.4. The Bertz CT molecular complexity index is 4040. The van der Waals surface area contributed by atoms with Crippen molar-refractivity contribution in [1.29, 1.82) is 0 Å². The number of nitrogens with two attached hydrogens (primary N) is 1. The zero-order chi connectivity index (χ0) is 61.4. The fraction of sp³-hybridized carbons (Fsp3) is 0.311. The van der Waals surface area contributed by atoms with Crippen LogP contribution in [0.3, 0.4) is 0 Å². The third kappa shape index (κ3) is 16.1. The average Bonchev–Trinajstić information content (AvgIpc) is 3.48. The van der Waals surface area contributed by atoms with Gasteiger partial charge in [0.2, 0.25) is 0 Å². The number of carboxylic acids is 1. The molecule has 0 radical (unpaired) electrons. The van der Waals surface area contributed by atoms with E-state index in [4.69, 9.17) is 20.3 Å². The molecule has 0 spiro atoms. The number of nitrogens with zero attached hydrogens (tertiary/aromatic N) is 8. The van der Waals surface area contributed by atoms with Gasteiger partial charge in [0.25, 0.3) is 0 Å². The number of benzene rings is 4. The van der Waals surface area contributed by atoms with E-state index in [0.717, 1.165) is 58.7 Å². The van der Waals surface area contributed by atoms with Crippen molar-refractivity contribution in [2.75, 3.05) is 42.0 Å². The molecule has 2 unspecified atom stereocenters. The zero-order valence-electron chi connectivity index (χ0n) is 48.3. The molecule has 0 saturated carbocycles. The molecule has 2 saturated heterocycles. The lowest BCUT2D eigenvalue weighted by Gasteiger charge is -2.28. The van der Waals surface area contributed by atoms with Crippen molar-refractivity contribution in [2.24, 2.45) is 0 Å². The van der Waals surface area contributed by atoms with E-state index in [1.165, 1.54) is 41.8 Å². The molecular weight excluding hydrogens is 1130 g/mol. The van der Waals surface area contributed by atoms with Gasteiger partial charge >= 0.3 is 18.2 Å². The molecule has 0 bridgehead atoms. The predicted molar refractivity (Wildman–Crippen MR) is 324 cm³/mol. The minimum Gasteiger partial charge on any atom is -0.480 e. The van der Waals surface area contributed by atoms with E-state index in [1.807, 2.05) is 87.5 Å². The Balaban J connectivity index is 0.000000187. The number of anilines is 5. The summed E-state index contributed by atoms with van der Waals surface area (Å²) in [6.07, 6.45) is 16.3. The van der Waals surface area contributed by atoms with Crippen molar-refractivity contribution in [3.05, 3.63) is 140 Å². The monoisotopic (exact) mass is 1190 g/mol. The van der Waals surface area contributed by atoms with E-state index in [-0.39, 0.29) is 22.0 Å². The van der Waals surface area contributed by atoms with E-state index >= 15 is 0 Å². The molecule has 10 rings (SSSR count). The van der Waals surface area contributed by atoms with Gasteiger partial charge in [0, 0.05) is 97.4 Å². The maximum Gasteiger partial charge on any atom is 0.411 e. The Morgan fingerprint density at radius 2 is 1.05 bits per heavy atom. The van der Waals surface area contributed by atoms with Crippen LogP contribution >= 0.6 is 0 Å². The number of hydrogen-bond acceptors (Lipinski definition) is 19. The number of fused-ring (bicyclic) bond motifs is 2. The molecule has 6 heterocycles. The number of nitrogen functional groups attached to an aromatic ring is 1. The van der Waals surface area contributed by atoms with E-state index in [0.29, 0.717) is 70.9 Å². The van der Waals surface area contributed by atoms with Gasteiger partial charge in [-0.05, 0) is 132 Å². The van der Waals surface area contributed by atoms with Crippen molar-refractivity contribution >= 4 is 94.1 Å². The number of carboxylic acid groups (broad SMARTS) is 1. The van der Waals surface area contributed by atoms with Crippen molar-refractivity contribution in [3.63, 3.8) is 0 Å². The number of nitrogens with one attached hydrogen (secondary N) is 2. The van der Waals surface area contributed by atoms with Gasteiger partial charge in [-0.3, -0.25) is 44.5 Å². The summed E-state index contributed by atoms with van der Waals surface area (Å²) in [6.45, 7) is 11.7. The quantitative estimate of drug-likeness (QED) is 0.0826. The molecule has 2 aliphatic heterocycles. The Labute approximate surface area is 493 Å². The SMILES string of the molecule is CC(C)(C)OC(=O)N1CCCC1C(=O)Cc1cccc(-c2cc(Nc3cnccc3S(C)(=O)=O)cc3nccnc23)c1.CC(C)(C)OC(=O)N1CCCC1C(=O)O.CS(=O)(=O)c1ccncc1Nc1cc(-c2cccc(N)c2)c2nccnc2c1. The number of likely N-dealkylation sites (tertiary alicyclic amines) is 2. The molecular formula is C61H67N11O11S2. The van der Waals surface area contributed by atoms with Crippen LogP contribution in [0.25, 0.3) is 44.3 Å². The summed E-state index contributed by atoms with van der Waals surface area (Å²) in [6, 6.07) is 24.2.